The number of ether oxygens (including phenoxy) is 3. The summed E-state index contributed by atoms with van der Waals surface area (Å²) in [5, 5.41) is 15.3. The van der Waals surface area contributed by atoms with Gasteiger partial charge in [0, 0.05) is 11.1 Å². The molecule has 1 saturated heterocycles. The molecule has 2 unspecified atom stereocenters. The van der Waals surface area contributed by atoms with Crippen molar-refractivity contribution >= 4 is 31.0 Å². The van der Waals surface area contributed by atoms with E-state index in [1.54, 1.807) is 25.6 Å². The lowest BCUT2D eigenvalue weighted by atomic mass is 9.79. The standard InChI is InChI=1S/C44H49N5O5Si/c1-29-18-20-32(21-19-29)44(31-16-12-9-13-17-31,33-22-24-34(52-5)25-23-33)53-26-35-37(50)38(55(6,7)43(2,3)4)42(54-35)49-28-47-36-39(45-27-46-40(36)49)48-41(51)30-14-10-8-11-15-30/h8-25,27-28,35,37-38,42,50H,26H2,1-7H3,(H,45,46,48,51)/t35-,37+,38?,42-,44?/m1/s1. The molecular formula is C44H49N5O5Si. The van der Waals surface area contributed by atoms with Crippen LogP contribution in [0, 0.1) is 6.92 Å². The molecule has 0 radical (unpaired) electrons. The van der Waals surface area contributed by atoms with Crippen molar-refractivity contribution in [1.29, 1.82) is 0 Å². The molecule has 3 heterocycles. The van der Waals surface area contributed by atoms with Crippen LogP contribution in [0.15, 0.2) is 122 Å². The average molecular weight is 756 g/mol. The molecule has 11 heteroatoms. The van der Waals surface area contributed by atoms with E-state index in [0.29, 0.717) is 22.5 Å². The number of hydrogen-bond donors (Lipinski definition) is 2. The van der Waals surface area contributed by atoms with Crippen molar-refractivity contribution in [2.24, 2.45) is 0 Å². The fourth-order valence-electron chi connectivity index (χ4n) is 7.55. The molecule has 55 heavy (non-hydrogen) atoms. The van der Waals surface area contributed by atoms with Gasteiger partial charge < -0.3 is 24.6 Å². The lowest BCUT2D eigenvalue weighted by Crippen LogP contribution is -2.49. The van der Waals surface area contributed by atoms with Gasteiger partial charge in [0.05, 0.1) is 34.2 Å². The summed E-state index contributed by atoms with van der Waals surface area (Å²) in [6.45, 7) is 13.5. The van der Waals surface area contributed by atoms with Crippen LogP contribution in [-0.4, -0.2) is 64.5 Å². The van der Waals surface area contributed by atoms with Gasteiger partial charge in [-0.1, -0.05) is 124 Å². The van der Waals surface area contributed by atoms with Gasteiger partial charge in [-0.3, -0.25) is 9.36 Å². The van der Waals surface area contributed by atoms with Gasteiger partial charge >= 0.3 is 0 Å². The van der Waals surface area contributed by atoms with E-state index in [4.69, 9.17) is 19.2 Å². The maximum absolute atomic E-state index is 13.1. The Balaban J connectivity index is 1.29. The number of methoxy groups -OCH3 is 1. The number of carbonyl (C=O) groups excluding carboxylic acids is 1. The second kappa shape index (κ2) is 15.1. The third-order valence-corrected chi connectivity index (χ3v) is 17.8. The second-order valence-electron chi connectivity index (χ2n) is 15.9. The van der Waals surface area contributed by atoms with Crippen LogP contribution in [0.5, 0.6) is 5.75 Å². The zero-order valence-electron chi connectivity index (χ0n) is 32.4. The van der Waals surface area contributed by atoms with Crippen LogP contribution < -0.4 is 10.1 Å². The van der Waals surface area contributed by atoms with Gasteiger partial charge in [-0.05, 0) is 52.9 Å². The fraction of sp³-hybridized carbons (Fsp3) is 0.318. The molecule has 0 spiro atoms. The molecule has 4 aromatic carbocycles. The molecule has 1 aliphatic heterocycles. The zero-order chi connectivity index (χ0) is 39.0. The Kier molecular flexibility index (Phi) is 10.5. The molecule has 0 bridgehead atoms. The molecule has 1 amide bonds. The number of aromatic nitrogens is 4. The van der Waals surface area contributed by atoms with Crippen molar-refractivity contribution in [1.82, 2.24) is 19.5 Å². The highest BCUT2D eigenvalue weighted by Crippen LogP contribution is 2.55. The summed E-state index contributed by atoms with van der Waals surface area (Å²) in [7, 11) is -0.703. The molecule has 2 aromatic heterocycles. The Morgan fingerprint density at radius 3 is 2.07 bits per heavy atom. The molecule has 284 valence electrons. The number of imidazole rings is 1. The lowest BCUT2D eigenvalue weighted by molar-refractivity contribution is -0.0931. The molecular weight excluding hydrogens is 707 g/mol. The molecule has 0 aliphatic carbocycles. The van der Waals surface area contributed by atoms with Gasteiger partial charge in [-0.2, -0.15) is 0 Å². The molecule has 2 N–H and O–H groups in total. The Bertz CT molecular complexity index is 2240. The van der Waals surface area contributed by atoms with Crippen LogP contribution in [0.25, 0.3) is 11.2 Å². The second-order valence-corrected chi connectivity index (χ2v) is 21.5. The SMILES string of the molecule is COc1ccc(C(OC[C@H]2O[C@@H](n3cnc4c(NC(=O)c5ccccc5)ncnc43)C([Si](C)(C)C(C)(C)C)[C@H]2O)(c2ccccc2)c2ccc(C)cc2)cc1. The minimum absolute atomic E-state index is 0.0809. The third-order valence-electron chi connectivity index (χ3n) is 11.6. The molecule has 1 aliphatic rings. The highest BCUT2D eigenvalue weighted by Gasteiger charge is 2.57. The van der Waals surface area contributed by atoms with Gasteiger partial charge in [0.15, 0.2) is 17.0 Å². The van der Waals surface area contributed by atoms with E-state index in [1.807, 2.05) is 65.2 Å². The number of nitrogens with one attached hydrogen (secondary N) is 1. The quantitative estimate of drug-likeness (QED) is 0.0998. The van der Waals surface area contributed by atoms with Gasteiger partial charge in [-0.25, -0.2) is 15.0 Å². The minimum atomic E-state index is -2.36. The van der Waals surface area contributed by atoms with E-state index < -0.39 is 32.1 Å². The first-order valence-electron chi connectivity index (χ1n) is 18.6. The number of anilines is 1. The van der Waals surface area contributed by atoms with E-state index in [0.717, 1.165) is 28.0 Å². The normalized spacial score (nSPS) is 19.9. The summed E-state index contributed by atoms with van der Waals surface area (Å²) in [6.07, 6.45) is 0.903. The first-order valence-corrected chi connectivity index (χ1v) is 21.7. The fourth-order valence-corrected chi connectivity index (χ4v) is 10.6. The first kappa shape index (κ1) is 38.1. The Morgan fingerprint density at radius 1 is 0.855 bits per heavy atom. The summed E-state index contributed by atoms with van der Waals surface area (Å²) >= 11 is 0. The topological polar surface area (TPSA) is 121 Å². The van der Waals surface area contributed by atoms with Gasteiger partial charge in [0.1, 0.15) is 30.0 Å². The Labute approximate surface area is 323 Å². The van der Waals surface area contributed by atoms with Crippen molar-refractivity contribution in [2.75, 3.05) is 19.0 Å². The van der Waals surface area contributed by atoms with E-state index >= 15 is 0 Å². The van der Waals surface area contributed by atoms with E-state index in [9.17, 15) is 9.90 Å². The smallest absolute Gasteiger partial charge is 0.256 e. The number of fused-ring (bicyclic) bond motifs is 1. The summed E-state index contributed by atoms with van der Waals surface area (Å²) in [5.41, 5.74) is 4.04. The van der Waals surface area contributed by atoms with Crippen LogP contribution in [-0.2, 0) is 15.1 Å². The maximum atomic E-state index is 13.1. The number of aliphatic hydroxyl groups is 1. The number of hydrogen-bond acceptors (Lipinski definition) is 8. The van der Waals surface area contributed by atoms with E-state index in [2.05, 4.69) is 92.5 Å². The highest BCUT2D eigenvalue weighted by molar-refractivity contribution is 6.81. The number of rotatable bonds is 11. The van der Waals surface area contributed by atoms with Crippen molar-refractivity contribution in [3.05, 3.63) is 150 Å². The minimum Gasteiger partial charge on any atom is -0.497 e. The average Bonchev–Trinajstić information content (AvgIpc) is 3.77. The Hall–Kier alpha value is -5.20. The number of nitrogens with zero attached hydrogens (tertiary/aromatic N) is 4. The number of benzene rings is 4. The largest absolute Gasteiger partial charge is 0.497 e. The van der Waals surface area contributed by atoms with Gasteiger partial charge in [0.2, 0.25) is 0 Å². The summed E-state index contributed by atoms with van der Waals surface area (Å²) < 4.78 is 21.7. The number of aryl methyl sites for hydroxylation is 1. The molecule has 10 nitrogen and oxygen atoms in total. The summed E-state index contributed by atoms with van der Waals surface area (Å²) in [6, 6.07) is 35.5. The number of aliphatic hydroxyl groups excluding tert-OH is 1. The lowest BCUT2D eigenvalue weighted by Gasteiger charge is -2.44. The predicted molar refractivity (Wildman–Crippen MR) is 217 cm³/mol. The highest BCUT2D eigenvalue weighted by atomic mass is 28.3. The van der Waals surface area contributed by atoms with Crippen LogP contribution in [0.4, 0.5) is 5.82 Å². The maximum Gasteiger partial charge on any atom is 0.256 e. The van der Waals surface area contributed by atoms with Crippen molar-refractivity contribution in [3.63, 3.8) is 0 Å². The molecule has 5 atom stereocenters. The summed E-state index contributed by atoms with van der Waals surface area (Å²) in [4.78, 5) is 26.8. The van der Waals surface area contributed by atoms with Crippen molar-refractivity contribution < 1.29 is 24.1 Å². The van der Waals surface area contributed by atoms with E-state index in [-0.39, 0.29) is 23.1 Å². The third kappa shape index (κ3) is 7.09. The first-order chi connectivity index (χ1) is 26.3. The monoisotopic (exact) mass is 755 g/mol. The molecule has 0 saturated carbocycles. The van der Waals surface area contributed by atoms with Gasteiger partial charge in [0.25, 0.3) is 5.91 Å². The molecule has 7 rings (SSSR count). The molecule has 1 fully saturated rings. The molecule has 6 aromatic rings. The Morgan fingerprint density at radius 2 is 1.45 bits per heavy atom. The summed E-state index contributed by atoms with van der Waals surface area (Å²) in [5.74, 6) is 0.736. The number of amides is 1. The van der Waals surface area contributed by atoms with Crippen molar-refractivity contribution in [3.8, 4) is 5.75 Å². The zero-order valence-corrected chi connectivity index (χ0v) is 33.4. The van der Waals surface area contributed by atoms with Crippen molar-refractivity contribution in [2.45, 2.75) is 75.4 Å². The van der Waals surface area contributed by atoms with Crippen LogP contribution in [0.3, 0.4) is 0 Å². The van der Waals surface area contributed by atoms with Crippen LogP contribution in [0.2, 0.25) is 23.7 Å². The predicted octanol–water partition coefficient (Wildman–Crippen LogP) is 8.54. The van der Waals surface area contributed by atoms with Crippen LogP contribution in [0.1, 0.15) is 59.6 Å². The van der Waals surface area contributed by atoms with Crippen LogP contribution >= 0.6 is 0 Å². The number of carbonyl (C=O) groups is 1. The van der Waals surface area contributed by atoms with E-state index in [1.165, 1.54) is 6.33 Å². The van der Waals surface area contributed by atoms with Gasteiger partial charge in [-0.15, -0.1) is 0 Å².